The molecule has 0 saturated carbocycles. The van der Waals surface area contributed by atoms with Crippen LogP contribution in [-0.4, -0.2) is 46.4 Å². The quantitative estimate of drug-likeness (QED) is 0.243. The average Bonchev–Trinajstić information content (AvgIpc) is 3.69. The summed E-state index contributed by atoms with van der Waals surface area (Å²) >= 11 is 0. The van der Waals surface area contributed by atoms with Gasteiger partial charge in [0.2, 0.25) is 11.8 Å². The number of benzene rings is 2. The SMILES string of the molecule is CCOC(=O)[C@H](Cc1c[nH]c2ccccc12)NC(=O)[C@H](Cc1c[nH]c2ccccc12)NC(=O)C1C=CC=C1. The van der Waals surface area contributed by atoms with Gasteiger partial charge in [-0.2, -0.15) is 0 Å². The zero-order valence-electron chi connectivity index (χ0n) is 21.1. The second-order valence-electron chi connectivity index (χ2n) is 9.30. The molecule has 8 nitrogen and oxygen atoms in total. The Kier molecular flexibility index (Phi) is 7.40. The summed E-state index contributed by atoms with van der Waals surface area (Å²) in [5, 5.41) is 7.72. The summed E-state index contributed by atoms with van der Waals surface area (Å²) in [6, 6.07) is 13.7. The van der Waals surface area contributed by atoms with Crippen LogP contribution in [0.2, 0.25) is 0 Å². The van der Waals surface area contributed by atoms with Crippen LogP contribution in [0.4, 0.5) is 0 Å². The van der Waals surface area contributed by atoms with Crippen molar-refractivity contribution in [1.82, 2.24) is 20.6 Å². The Morgan fingerprint density at radius 2 is 1.37 bits per heavy atom. The van der Waals surface area contributed by atoms with Crippen LogP contribution in [0, 0.1) is 5.92 Å². The Morgan fingerprint density at radius 1 is 0.816 bits per heavy atom. The second-order valence-corrected chi connectivity index (χ2v) is 9.30. The maximum atomic E-state index is 13.7. The van der Waals surface area contributed by atoms with Crippen molar-refractivity contribution in [3.63, 3.8) is 0 Å². The molecule has 0 spiro atoms. The van der Waals surface area contributed by atoms with Crippen molar-refractivity contribution in [2.24, 2.45) is 5.92 Å². The van der Waals surface area contributed by atoms with Gasteiger partial charge in [-0.3, -0.25) is 9.59 Å². The number of carbonyl (C=O) groups is 3. The smallest absolute Gasteiger partial charge is 0.328 e. The minimum Gasteiger partial charge on any atom is -0.464 e. The molecule has 5 rings (SSSR count). The summed E-state index contributed by atoms with van der Waals surface area (Å²) < 4.78 is 5.30. The number of H-pyrrole nitrogens is 2. The molecule has 2 amide bonds. The van der Waals surface area contributed by atoms with Gasteiger partial charge in [0, 0.05) is 47.0 Å². The molecule has 4 N–H and O–H groups in total. The highest BCUT2D eigenvalue weighted by atomic mass is 16.5. The molecule has 38 heavy (non-hydrogen) atoms. The molecule has 0 bridgehead atoms. The van der Waals surface area contributed by atoms with E-state index in [4.69, 9.17) is 4.74 Å². The number of esters is 1. The van der Waals surface area contributed by atoms with Crippen LogP contribution in [0.3, 0.4) is 0 Å². The van der Waals surface area contributed by atoms with E-state index < -0.39 is 29.9 Å². The molecule has 2 aromatic carbocycles. The number of aromatic amines is 2. The fraction of sp³-hybridized carbons (Fsp3) is 0.233. The Balaban J connectivity index is 1.40. The lowest BCUT2D eigenvalue weighted by atomic mass is 10.0. The fourth-order valence-electron chi connectivity index (χ4n) is 4.83. The summed E-state index contributed by atoms with van der Waals surface area (Å²) in [6.07, 6.45) is 11.3. The molecule has 194 valence electrons. The van der Waals surface area contributed by atoms with Gasteiger partial charge in [-0.1, -0.05) is 60.7 Å². The Bertz CT molecular complexity index is 1520. The largest absolute Gasteiger partial charge is 0.464 e. The van der Waals surface area contributed by atoms with Gasteiger partial charge in [0.25, 0.3) is 0 Å². The molecule has 0 unspecified atom stereocenters. The van der Waals surface area contributed by atoms with Gasteiger partial charge in [0.1, 0.15) is 12.1 Å². The molecule has 4 aromatic rings. The van der Waals surface area contributed by atoms with Gasteiger partial charge in [-0.05, 0) is 30.2 Å². The Labute approximate surface area is 220 Å². The summed E-state index contributed by atoms with van der Waals surface area (Å²) in [4.78, 5) is 46.0. The van der Waals surface area contributed by atoms with E-state index in [1.807, 2.05) is 60.9 Å². The maximum absolute atomic E-state index is 13.7. The van der Waals surface area contributed by atoms with E-state index in [1.165, 1.54) is 0 Å². The van der Waals surface area contributed by atoms with Crippen LogP contribution in [0.1, 0.15) is 18.1 Å². The predicted octanol–water partition coefficient (Wildman–Crippen LogP) is 3.71. The zero-order chi connectivity index (χ0) is 26.5. The molecule has 0 aliphatic heterocycles. The predicted molar refractivity (Wildman–Crippen MR) is 146 cm³/mol. The highest BCUT2D eigenvalue weighted by Gasteiger charge is 2.30. The van der Waals surface area contributed by atoms with E-state index in [9.17, 15) is 14.4 Å². The molecule has 2 aromatic heterocycles. The van der Waals surface area contributed by atoms with Crippen molar-refractivity contribution in [2.45, 2.75) is 31.8 Å². The summed E-state index contributed by atoms with van der Waals surface area (Å²) in [7, 11) is 0. The minimum atomic E-state index is -0.921. The van der Waals surface area contributed by atoms with Crippen molar-refractivity contribution in [3.8, 4) is 0 Å². The molecule has 0 saturated heterocycles. The number of para-hydroxylation sites is 2. The topological polar surface area (TPSA) is 116 Å². The van der Waals surface area contributed by atoms with E-state index in [1.54, 1.807) is 31.2 Å². The van der Waals surface area contributed by atoms with Crippen LogP contribution in [0.15, 0.2) is 85.2 Å². The third kappa shape index (κ3) is 5.39. The summed E-state index contributed by atoms with van der Waals surface area (Å²) in [5.41, 5.74) is 3.66. The monoisotopic (exact) mass is 510 g/mol. The van der Waals surface area contributed by atoms with Crippen LogP contribution < -0.4 is 10.6 Å². The standard InChI is InChI=1S/C30H30N4O4/c1-2-38-30(37)27(16-21-18-32-25-14-8-6-12-23(21)25)34-29(36)26(33-28(35)19-9-3-4-10-19)15-20-17-31-24-13-7-5-11-22(20)24/h3-14,17-19,26-27,31-32H,2,15-16H2,1H3,(H,33,35)(H,34,36)/t26-,27-/m0/s1. The van der Waals surface area contributed by atoms with Gasteiger partial charge in [0.15, 0.2) is 0 Å². The van der Waals surface area contributed by atoms with Gasteiger partial charge < -0.3 is 25.3 Å². The van der Waals surface area contributed by atoms with E-state index in [0.29, 0.717) is 0 Å². The molecule has 1 aliphatic rings. The minimum absolute atomic E-state index is 0.189. The molecule has 2 heterocycles. The zero-order valence-corrected chi connectivity index (χ0v) is 21.1. The Morgan fingerprint density at radius 3 is 1.95 bits per heavy atom. The van der Waals surface area contributed by atoms with Crippen LogP contribution in [-0.2, 0) is 32.0 Å². The Hall–Kier alpha value is -4.59. The first-order valence-electron chi connectivity index (χ1n) is 12.8. The highest BCUT2D eigenvalue weighted by Crippen LogP contribution is 2.21. The number of carbonyl (C=O) groups excluding carboxylic acids is 3. The highest BCUT2D eigenvalue weighted by molar-refractivity contribution is 5.94. The van der Waals surface area contributed by atoms with E-state index in [0.717, 1.165) is 32.9 Å². The molecule has 8 heteroatoms. The lowest BCUT2D eigenvalue weighted by Gasteiger charge is -2.23. The molecular formula is C30H30N4O4. The normalized spacial score (nSPS) is 14.6. The third-order valence-electron chi connectivity index (χ3n) is 6.77. The lowest BCUT2D eigenvalue weighted by Crippen LogP contribution is -2.54. The summed E-state index contributed by atoms with van der Waals surface area (Å²) in [6.45, 7) is 1.92. The molecule has 1 aliphatic carbocycles. The number of amides is 2. The van der Waals surface area contributed by atoms with Gasteiger partial charge >= 0.3 is 5.97 Å². The molecular weight excluding hydrogens is 480 g/mol. The van der Waals surface area contributed by atoms with Gasteiger partial charge in [-0.15, -0.1) is 0 Å². The van der Waals surface area contributed by atoms with Crippen LogP contribution in [0.25, 0.3) is 21.8 Å². The van der Waals surface area contributed by atoms with E-state index in [-0.39, 0.29) is 25.4 Å². The first-order chi connectivity index (χ1) is 18.5. The van der Waals surface area contributed by atoms with E-state index in [2.05, 4.69) is 20.6 Å². The lowest BCUT2D eigenvalue weighted by molar-refractivity contribution is -0.147. The molecule has 0 fully saturated rings. The van der Waals surface area contributed by atoms with Gasteiger partial charge in [-0.25, -0.2) is 4.79 Å². The number of fused-ring (bicyclic) bond motifs is 2. The fourth-order valence-corrected chi connectivity index (χ4v) is 4.83. The van der Waals surface area contributed by atoms with Crippen molar-refractivity contribution < 1.29 is 19.1 Å². The number of rotatable bonds is 10. The van der Waals surface area contributed by atoms with Gasteiger partial charge in [0.05, 0.1) is 12.5 Å². The number of nitrogens with one attached hydrogen (secondary N) is 4. The number of hydrogen-bond donors (Lipinski definition) is 4. The number of hydrogen-bond acceptors (Lipinski definition) is 4. The third-order valence-corrected chi connectivity index (χ3v) is 6.77. The number of allylic oxidation sites excluding steroid dienone is 2. The first-order valence-corrected chi connectivity index (χ1v) is 12.8. The van der Waals surface area contributed by atoms with E-state index >= 15 is 0 Å². The second kappa shape index (κ2) is 11.2. The first kappa shape index (κ1) is 25.1. The van der Waals surface area contributed by atoms with Crippen molar-refractivity contribution in [1.29, 1.82) is 0 Å². The van der Waals surface area contributed by atoms with Crippen LogP contribution in [0.5, 0.6) is 0 Å². The average molecular weight is 511 g/mol. The van der Waals surface area contributed by atoms with Crippen LogP contribution >= 0.6 is 0 Å². The summed E-state index contributed by atoms with van der Waals surface area (Å²) in [5.74, 6) is -1.70. The maximum Gasteiger partial charge on any atom is 0.328 e. The number of ether oxygens (including phenoxy) is 1. The number of aromatic nitrogens is 2. The van der Waals surface area contributed by atoms with Crippen molar-refractivity contribution in [2.75, 3.05) is 6.61 Å². The van der Waals surface area contributed by atoms with Crippen molar-refractivity contribution in [3.05, 3.63) is 96.4 Å². The molecule has 0 radical (unpaired) electrons. The van der Waals surface area contributed by atoms with Crippen molar-refractivity contribution >= 4 is 39.6 Å². The molecule has 2 atom stereocenters.